The van der Waals surface area contributed by atoms with E-state index in [-0.39, 0.29) is 18.4 Å². The summed E-state index contributed by atoms with van der Waals surface area (Å²) in [6, 6.07) is 15.7. The zero-order valence-electron chi connectivity index (χ0n) is 21.0. The highest BCUT2D eigenvalue weighted by Crippen LogP contribution is 2.22. The number of rotatable bonds is 11. The van der Waals surface area contributed by atoms with Gasteiger partial charge in [-0.1, -0.05) is 70.2 Å². The Morgan fingerprint density at radius 3 is 2.00 bits per heavy atom. The number of amides is 2. The first-order chi connectivity index (χ1) is 15.9. The summed E-state index contributed by atoms with van der Waals surface area (Å²) in [5, 5.41) is 2.87. The van der Waals surface area contributed by atoms with Gasteiger partial charge in [0.1, 0.15) is 12.6 Å². The van der Waals surface area contributed by atoms with E-state index >= 15 is 0 Å². The quantitative estimate of drug-likeness (QED) is 0.523. The molecule has 2 amide bonds. The SMILES string of the molecule is CC(C)CNC(=O)[C@H](C)N(Cc1ccccc1)C(=O)CN(c1ccc(C(C)C)cc1)S(C)(=O)=O. The molecule has 2 aromatic rings. The van der Waals surface area contributed by atoms with Gasteiger partial charge in [-0.05, 0) is 42.0 Å². The minimum absolute atomic E-state index is 0.194. The van der Waals surface area contributed by atoms with Crippen LogP contribution < -0.4 is 9.62 Å². The predicted octanol–water partition coefficient (Wildman–Crippen LogP) is 3.77. The van der Waals surface area contributed by atoms with Crippen LogP contribution in [0, 0.1) is 5.92 Å². The Bertz CT molecular complexity index is 1050. The Balaban J connectivity index is 2.33. The summed E-state index contributed by atoms with van der Waals surface area (Å²) < 4.78 is 26.3. The lowest BCUT2D eigenvalue weighted by Crippen LogP contribution is -2.51. The fourth-order valence-electron chi connectivity index (χ4n) is 3.45. The number of nitrogens with zero attached hydrogens (tertiary/aromatic N) is 2. The van der Waals surface area contributed by atoms with Crippen LogP contribution in [0.4, 0.5) is 5.69 Å². The van der Waals surface area contributed by atoms with E-state index in [4.69, 9.17) is 0 Å². The minimum Gasteiger partial charge on any atom is -0.354 e. The highest BCUT2D eigenvalue weighted by atomic mass is 32.2. The number of carbonyl (C=O) groups excluding carboxylic acids is 2. The molecule has 0 unspecified atom stereocenters. The van der Waals surface area contributed by atoms with Crippen LogP contribution in [0.15, 0.2) is 54.6 Å². The van der Waals surface area contributed by atoms with Gasteiger partial charge in [-0.15, -0.1) is 0 Å². The second-order valence-corrected chi connectivity index (χ2v) is 11.2. The van der Waals surface area contributed by atoms with Gasteiger partial charge in [-0.3, -0.25) is 13.9 Å². The molecule has 0 saturated carbocycles. The highest BCUT2D eigenvalue weighted by Gasteiger charge is 2.30. The van der Waals surface area contributed by atoms with Crippen LogP contribution in [0.1, 0.15) is 51.7 Å². The van der Waals surface area contributed by atoms with Crippen molar-refractivity contribution >= 4 is 27.5 Å². The van der Waals surface area contributed by atoms with Gasteiger partial charge in [0.15, 0.2) is 0 Å². The van der Waals surface area contributed by atoms with Crippen molar-refractivity contribution in [2.45, 2.75) is 53.1 Å². The molecule has 0 aliphatic rings. The normalized spacial score (nSPS) is 12.5. The van der Waals surface area contributed by atoms with Gasteiger partial charge in [0.2, 0.25) is 21.8 Å². The molecule has 34 heavy (non-hydrogen) atoms. The summed E-state index contributed by atoms with van der Waals surface area (Å²) in [5.74, 6) is -0.155. The molecular weight excluding hydrogens is 450 g/mol. The Morgan fingerprint density at radius 2 is 1.50 bits per heavy atom. The molecule has 0 aliphatic heterocycles. The summed E-state index contributed by atoms with van der Waals surface area (Å²) in [5.41, 5.74) is 2.34. The number of nitrogens with one attached hydrogen (secondary N) is 1. The molecule has 1 atom stereocenters. The van der Waals surface area contributed by atoms with Gasteiger partial charge in [0.05, 0.1) is 11.9 Å². The van der Waals surface area contributed by atoms with Crippen LogP contribution in [0.3, 0.4) is 0 Å². The van der Waals surface area contributed by atoms with Gasteiger partial charge < -0.3 is 10.2 Å². The van der Waals surface area contributed by atoms with Crippen LogP contribution in [0.25, 0.3) is 0 Å². The molecular formula is C26H37N3O4S. The molecule has 0 saturated heterocycles. The van der Waals surface area contributed by atoms with E-state index in [1.54, 1.807) is 19.1 Å². The predicted molar refractivity (Wildman–Crippen MR) is 137 cm³/mol. The summed E-state index contributed by atoms with van der Waals surface area (Å²) in [4.78, 5) is 27.7. The third-order valence-corrected chi connectivity index (χ3v) is 6.72. The molecule has 1 N–H and O–H groups in total. The fraction of sp³-hybridized carbons (Fsp3) is 0.462. The van der Waals surface area contributed by atoms with Crippen molar-refractivity contribution < 1.29 is 18.0 Å². The number of sulfonamides is 1. The van der Waals surface area contributed by atoms with E-state index in [2.05, 4.69) is 19.2 Å². The van der Waals surface area contributed by atoms with E-state index in [1.807, 2.05) is 56.3 Å². The first-order valence-electron chi connectivity index (χ1n) is 11.6. The third kappa shape index (κ3) is 7.87. The third-order valence-electron chi connectivity index (χ3n) is 5.57. The van der Waals surface area contributed by atoms with Gasteiger partial charge >= 0.3 is 0 Å². The molecule has 0 heterocycles. The van der Waals surface area contributed by atoms with Crippen molar-refractivity contribution in [3.05, 3.63) is 65.7 Å². The van der Waals surface area contributed by atoms with Crippen molar-refractivity contribution in [2.75, 3.05) is 23.7 Å². The Hall–Kier alpha value is -2.87. The number of hydrogen-bond donors (Lipinski definition) is 1. The maximum Gasteiger partial charge on any atom is 0.244 e. The average Bonchev–Trinajstić information content (AvgIpc) is 2.78. The summed E-state index contributed by atoms with van der Waals surface area (Å²) in [6.07, 6.45) is 1.08. The van der Waals surface area contributed by atoms with Crippen LogP contribution in [0.2, 0.25) is 0 Å². The smallest absolute Gasteiger partial charge is 0.244 e. The molecule has 186 valence electrons. The number of carbonyl (C=O) groups is 2. The average molecular weight is 488 g/mol. The fourth-order valence-corrected chi connectivity index (χ4v) is 4.30. The Labute approximate surface area is 204 Å². The van der Waals surface area contributed by atoms with Crippen molar-refractivity contribution in [2.24, 2.45) is 5.92 Å². The van der Waals surface area contributed by atoms with Crippen molar-refractivity contribution in [3.8, 4) is 0 Å². The van der Waals surface area contributed by atoms with E-state index in [9.17, 15) is 18.0 Å². The molecule has 8 heteroatoms. The molecule has 7 nitrogen and oxygen atoms in total. The van der Waals surface area contributed by atoms with Crippen LogP contribution in [-0.2, 0) is 26.2 Å². The molecule has 2 rings (SSSR count). The van der Waals surface area contributed by atoms with Gasteiger partial charge in [0.25, 0.3) is 0 Å². The molecule has 0 aromatic heterocycles. The standard InChI is InChI=1S/C26H37N3O4S/c1-19(2)16-27-26(31)21(5)28(17-22-10-8-7-9-11-22)25(30)18-29(34(6,32)33)24-14-12-23(13-15-24)20(3)4/h7-15,19-21H,16-18H2,1-6H3,(H,27,31)/t21-/m0/s1. The highest BCUT2D eigenvalue weighted by molar-refractivity contribution is 7.92. The molecule has 2 aromatic carbocycles. The van der Waals surface area contributed by atoms with Crippen molar-refractivity contribution in [3.63, 3.8) is 0 Å². The van der Waals surface area contributed by atoms with Crippen LogP contribution >= 0.6 is 0 Å². The molecule has 0 fully saturated rings. The molecule has 0 bridgehead atoms. The van der Waals surface area contributed by atoms with Gasteiger partial charge in [0, 0.05) is 13.1 Å². The lowest BCUT2D eigenvalue weighted by atomic mass is 10.0. The van der Waals surface area contributed by atoms with E-state index in [0.29, 0.717) is 18.2 Å². The second-order valence-electron chi connectivity index (χ2n) is 9.34. The first-order valence-corrected chi connectivity index (χ1v) is 13.4. The van der Waals surface area contributed by atoms with Gasteiger partial charge in [-0.2, -0.15) is 0 Å². The van der Waals surface area contributed by atoms with Crippen molar-refractivity contribution in [1.82, 2.24) is 10.2 Å². The second kappa shape index (κ2) is 12.0. The number of benzene rings is 2. The lowest BCUT2D eigenvalue weighted by molar-refractivity contribution is -0.139. The van der Waals surface area contributed by atoms with Gasteiger partial charge in [-0.25, -0.2) is 8.42 Å². The van der Waals surface area contributed by atoms with Crippen LogP contribution in [-0.4, -0.2) is 50.5 Å². The number of hydrogen-bond acceptors (Lipinski definition) is 4. The number of anilines is 1. The molecule has 0 spiro atoms. The zero-order chi connectivity index (χ0) is 25.5. The molecule has 0 radical (unpaired) electrons. The van der Waals surface area contributed by atoms with Crippen molar-refractivity contribution in [1.29, 1.82) is 0 Å². The minimum atomic E-state index is -3.73. The summed E-state index contributed by atoms with van der Waals surface area (Å²) >= 11 is 0. The Morgan fingerprint density at radius 1 is 0.912 bits per heavy atom. The van der Waals surface area contributed by atoms with Crippen LogP contribution in [0.5, 0.6) is 0 Å². The maximum atomic E-state index is 13.5. The largest absolute Gasteiger partial charge is 0.354 e. The monoisotopic (exact) mass is 487 g/mol. The van der Waals surface area contributed by atoms with E-state index < -0.39 is 28.5 Å². The maximum absolute atomic E-state index is 13.5. The van der Waals surface area contributed by atoms with E-state index in [1.165, 1.54) is 4.90 Å². The summed E-state index contributed by atoms with van der Waals surface area (Å²) in [6.45, 7) is 10.1. The zero-order valence-corrected chi connectivity index (χ0v) is 21.8. The topological polar surface area (TPSA) is 86.8 Å². The first kappa shape index (κ1) is 27.4. The molecule has 0 aliphatic carbocycles. The Kier molecular flexibility index (Phi) is 9.67. The van der Waals surface area contributed by atoms with E-state index in [0.717, 1.165) is 21.7 Å². The lowest BCUT2D eigenvalue weighted by Gasteiger charge is -2.31. The summed E-state index contributed by atoms with van der Waals surface area (Å²) in [7, 11) is -3.73.